The second kappa shape index (κ2) is 5.53. The number of nitrogens with zero attached hydrogens (tertiary/aromatic N) is 3. The van der Waals surface area contributed by atoms with Crippen LogP contribution < -0.4 is 10.2 Å². The first kappa shape index (κ1) is 11.8. The van der Waals surface area contributed by atoms with Gasteiger partial charge in [-0.2, -0.15) is 4.98 Å². The molecule has 0 spiro atoms. The van der Waals surface area contributed by atoms with Crippen molar-refractivity contribution in [1.29, 1.82) is 0 Å². The molecule has 1 aromatic rings. The molecule has 15 heavy (non-hydrogen) atoms. The zero-order valence-corrected chi connectivity index (χ0v) is 9.99. The lowest BCUT2D eigenvalue weighted by Gasteiger charge is -2.12. The molecule has 84 valence electrons. The van der Waals surface area contributed by atoms with E-state index in [0.29, 0.717) is 5.92 Å². The van der Waals surface area contributed by atoms with Gasteiger partial charge >= 0.3 is 0 Å². The number of nitrogens with one attached hydrogen (secondary N) is 1. The van der Waals surface area contributed by atoms with Crippen LogP contribution in [0.2, 0.25) is 0 Å². The number of hydrogen-bond acceptors (Lipinski definition) is 4. The summed E-state index contributed by atoms with van der Waals surface area (Å²) in [4.78, 5) is 10.4. The van der Waals surface area contributed by atoms with E-state index in [9.17, 15) is 0 Å². The average molecular weight is 208 g/mol. The molecular weight excluding hydrogens is 188 g/mol. The van der Waals surface area contributed by atoms with Crippen LogP contribution in [0.4, 0.5) is 11.8 Å². The fraction of sp³-hybridized carbons (Fsp3) is 0.636. The van der Waals surface area contributed by atoms with Crippen LogP contribution in [0, 0.1) is 5.92 Å². The predicted molar refractivity (Wildman–Crippen MR) is 64.3 cm³/mol. The average Bonchev–Trinajstić information content (AvgIpc) is 2.17. The van der Waals surface area contributed by atoms with Gasteiger partial charge in [0, 0.05) is 26.8 Å². The maximum Gasteiger partial charge on any atom is 0.226 e. The van der Waals surface area contributed by atoms with Crippen molar-refractivity contribution in [2.75, 3.05) is 30.9 Å². The molecule has 0 aromatic carbocycles. The molecule has 0 saturated carbocycles. The summed E-state index contributed by atoms with van der Waals surface area (Å²) in [5.74, 6) is 2.35. The molecule has 0 saturated heterocycles. The Balaban J connectivity index is 2.50. The molecule has 0 fully saturated rings. The second-order valence-corrected chi connectivity index (χ2v) is 4.25. The molecule has 0 atom stereocenters. The summed E-state index contributed by atoms with van der Waals surface area (Å²) in [5.41, 5.74) is 0. The minimum Gasteiger partial charge on any atom is -0.370 e. The van der Waals surface area contributed by atoms with E-state index in [0.717, 1.165) is 24.7 Å². The third-order valence-electron chi connectivity index (χ3n) is 2.07. The largest absolute Gasteiger partial charge is 0.370 e. The lowest BCUT2D eigenvalue weighted by molar-refractivity contribution is 0.606. The molecule has 0 bridgehead atoms. The summed E-state index contributed by atoms with van der Waals surface area (Å²) >= 11 is 0. The molecule has 4 nitrogen and oxygen atoms in total. The molecule has 1 rings (SSSR count). The van der Waals surface area contributed by atoms with Crippen LogP contribution in [0.15, 0.2) is 12.3 Å². The number of anilines is 2. The Kier molecular flexibility index (Phi) is 4.34. The van der Waals surface area contributed by atoms with Gasteiger partial charge in [0.05, 0.1) is 0 Å². The monoisotopic (exact) mass is 208 g/mol. The summed E-state index contributed by atoms with van der Waals surface area (Å²) in [6.45, 7) is 5.39. The molecule has 0 unspecified atom stereocenters. The fourth-order valence-corrected chi connectivity index (χ4v) is 1.15. The second-order valence-electron chi connectivity index (χ2n) is 4.25. The standard InChI is InChI=1S/C11H20N4/c1-9(2)5-7-12-10-6-8-13-11(14-10)15(3)4/h6,8-9H,5,7H2,1-4H3,(H,12,13,14). The lowest BCUT2D eigenvalue weighted by Crippen LogP contribution is -2.14. The summed E-state index contributed by atoms with van der Waals surface area (Å²) in [7, 11) is 3.88. The van der Waals surface area contributed by atoms with Crippen molar-refractivity contribution in [2.45, 2.75) is 20.3 Å². The first-order valence-electron chi connectivity index (χ1n) is 5.34. The Morgan fingerprint density at radius 1 is 1.40 bits per heavy atom. The molecule has 0 aliphatic heterocycles. The van der Waals surface area contributed by atoms with Crippen LogP contribution in [0.5, 0.6) is 0 Å². The number of rotatable bonds is 5. The Labute approximate surface area is 91.7 Å². The fourth-order valence-electron chi connectivity index (χ4n) is 1.15. The van der Waals surface area contributed by atoms with Crippen molar-refractivity contribution in [1.82, 2.24) is 9.97 Å². The van der Waals surface area contributed by atoms with Crippen LogP contribution in [0.3, 0.4) is 0 Å². The molecular formula is C11H20N4. The normalized spacial score (nSPS) is 10.5. The van der Waals surface area contributed by atoms with Gasteiger partial charge in [-0.3, -0.25) is 0 Å². The highest BCUT2D eigenvalue weighted by atomic mass is 15.2. The van der Waals surface area contributed by atoms with Gasteiger partial charge in [-0.15, -0.1) is 0 Å². The van der Waals surface area contributed by atoms with Crippen LogP contribution >= 0.6 is 0 Å². The van der Waals surface area contributed by atoms with Crippen molar-refractivity contribution in [3.8, 4) is 0 Å². The first-order valence-corrected chi connectivity index (χ1v) is 5.34. The van der Waals surface area contributed by atoms with Gasteiger partial charge in [-0.05, 0) is 18.4 Å². The van der Waals surface area contributed by atoms with E-state index in [2.05, 4.69) is 29.1 Å². The van der Waals surface area contributed by atoms with Gasteiger partial charge in [-0.25, -0.2) is 4.98 Å². The van der Waals surface area contributed by atoms with Crippen LogP contribution in [0.25, 0.3) is 0 Å². The summed E-state index contributed by atoms with van der Waals surface area (Å²) in [5, 5.41) is 3.29. The molecule has 1 N–H and O–H groups in total. The Morgan fingerprint density at radius 2 is 2.13 bits per heavy atom. The third kappa shape index (κ3) is 4.14. The van der Waals surface area contributed by atoms with Crippen molar-refractivity contribution < 1.29 is 0 Å². The molecule has 0 amide bonds. The molecule has 0 aliphatic carbocycles. The zero-order valence-electron chi connectivity index (χ0n) is 9.99. The highest BCUT2D eigenvalue weighted by Gasteiger charge is 2.00. The van der Waals surface area contributed by atoms with Crippen molar-refractivity contribution in [3.05, 3.63) is 12.3 Å². The first-order chi connectivity index (χ1) is 7.09. The molecule has 1 aromatic heterocycles. The van der Waals surface area contributed by atoms with Gasteiger partial charge in [0.1, 0.15) is 5.82 Å². The van der Waals surface area contributed by atoms with Crippen molar-refractivity contribution in [3.63, 3.8) is 0 Å². The van der Waals surface area contributed by atoms with E-state index in [1.807, 2.05) is 25.1 Å². The molecule has 1 heterocycles. The Bertz CT molecular complexity index is 296. The van der Waals surface area contributed by atoms with E-state index in [4.69, 9.17) is 0 Å². The topological polar surface area (TPSA) is 41.1 Å². The highest BCUT2D eigenvalue weighted by Crippen LogP contribution is 2.08. The Morgan fingerprint density at radius 3 is 2.73 bits per heavy atom. The van der Waals surface area contributed by atoms with Gasteiger partial charge < -0.3 is 10.2 Å². The predicted octanol–water partition coefficient (Wildman–Crippen LogP) is 2.00. The van der Waals surface area contributed by atoms with Crippen LogP contribution in [0.1, 0.15) is 20.3 Å². The quantitative estimate of drug-likeness (QED) is 0.803. The molecule has 4 heteroatoms. The summed E-state index contributed by atoms with van der Waals surface area (Å²) in [6.07, 6.45) is 2.93. The van der Waals surface area contributed by atoms with E-state index in [1.165, 1.54) is 0 Å². The smallest absolute Gasteiger partial charge is 0.226 e. The van der Waals surface area contributed by atoms with Crippen molar-refractivity contribution in [2.24, 2.45) is 5.92 Å². The highest BCUT2D eigenvalue weighted by molar-refractivity contribution is 5.40. The maximum absolute atomic E-state index is 4.37. The molecule has 0 radical (unpaired) electrons. The SMILES string of the molecule is CC(C)CCNc1ccnc(N(C)C)n1. The zero-order chi connectivity index (χ0) is 11.3. The van der Waals surface area contributed by atoms with E-state index >= 15 is 0 Å². The number of hydrogen-bond donors (Lipinski definition) is 1. The minimum atomic E-state index is 0.715. The third-order valence-corrected chi connectivity index (χ3v) is 2.07. The Hall–Kier alpha value is -1.32. The van der Waals surface area contributed by atoms with Gasteiger partial charge in [-0.1, -0.05) is 13.8 Å². The van der Waals surface area contributed by atoms with E-state index in [1.54, 1.807) is 6.20 Å². The van der Waals surface area contributed by atoms with Crippen LogP contribution in [-0.2, 0) is 0 Å². The summed E-state index contributed by atoms with van der Waals surface area (Å²) in [6, 6.07) is 1.90. The van der Waals surface area contributed by atoms with Crippen molar-refractivity contribution >= 4 is 11.8 Å². The number of aromatic nitrogens is 2. The van der Waals surface area contributed by atoms with E-state index in [-0.39, 0.29) is 0 Å². The van der Waals surface area contributed by atoms with Gasteiger partial charge in [0.2, 0.25) is 5.95 Å². The maximum atomic E-state index is 4.37. The lowest BCUT2D eigenvalue weighted by atomic mass is 10.1. The van der Waals surface area contributed by atoms with E-state index < -0.39 is 0 Å². The minimum absolute atomic E-state index is 0.715. The van der Waals surface area contributed by atoms with Crippen LogP contribution in [-0.4, -0.2) is 30.6 Å². The summed E-state index contributed by atoms with van der Waals surface area (Å²) < 4.78 is 0. The molecule has 0 aliphatic rings. The van der Waals surface area contributed by atoms with Gasteiger partial charge in [0.25, 0.3) is 0 Å². The van der Waals surface area contributed by atoms with Gasteiger partial charge in [0.15, 0.2) is 0 Å².